The molecule has 9 nitrogen and oxygen atoms in total. The second-order valence-electron chi connectivity index (χ2n) is 8.79. The summed E-state index contributed by atoms with van der Waals surface area (Å²) in [4.78, 5) is 23.4. The third-order valence-electron chi connectivity index (χ3n) is 6.02. The Morgan fingerprint density at radius 2 is 2.09 bits per heavy atom. The molecule has 1 saturated carbocycles. The summed E-state index contributed by atoms with van der Waals surface area (Å²) in [7, 11) is 3.89. The summed E-state index contributed by atoms with van der Waals surface area (Å²) >= 11 is 0. The van der Waals surface area contributed by atoms with E-state index in [0.29, 0.717) is 28.4 Å². The predicted octanol–water partition coefficient (Wildman–Crippen LogP) is 2.08. The van der Waals surface area contributed by atoms with Gasteiger partial charge in [-0.2, -0.15) is 0 Å². The third kappa shape index (κ3) is 5.14. The third-order valence-corrected chi connectivity index (χ3v) is 6.02. The molecule has 1 aliphatic carbocycles. The SMILES string of the molecule is CNc1ncc(C#Cc2ccc(CC3CN(C)CCO3)cn2)c2cc(NC(=O)C3CC3)nnc12. The van der Waals surface area contributed by atoms with Crippen molar-refractivity contribution in [3.63, 3.8) is 0 Å². The maximum atomic E-state index is 12.1. The summed E-state index contributed by atoms with van der Waals surface area (Å²) in [5, 5.41) is 15.1. The number of rotatable bonds is 5. The molecule has 1 amide bonds. The minimum absolute atomic E-state index is 0.0151. The van der Waals surface area contributed by atoms with Gasteiger partial charge in [0.2, 0.25) is 5.91 Å². The lowest BCUT2D eigenvalue weighted by Crippen LogP contribution is -2.40. The zero-order valence-electron chi connectivity index (χ0n) is 19.3. The van der Waals surface area contributed by atoms with Crippen LogP contribution in [0.5, 0.6) is 0 Å². The van der Waals surface area contributed by atoms with Crippen LogP contribution >= 0.6 is 0 Å². The minimum atomic E-state index is -0.0151. The molecule has 2 N–H and O–H groups in total. The molecule has 5 rings (SSSR count). The summed E-state index contributed by atoms with van der Waals surface area (Å²) in [6.07, 6.45) is 6.43. The van der Waals surface area contributed by atoms with Gasteiger partial charge in [-0.15, -0.1) is 10.2 Å². The number of aromatic nitrogens is 4. The Hall–Kier alpha value is -3.61. The van der Waals surface area contributed by atoms with Gasteiger partial charge in [-0.25, -0.2) is 9.97 Å². The van der Waals surface area contributed by atoms with Crippen LogP contribution in [0.25, 0.3) is 10.9 Å². The summed E-state index contributed by atoms with van der Waals surface area (Å²) in [5.41, 5.74) is 3.08. The number of likely N-dealkylation sites (N-methyl/N-ethyl adjacent to an activating group) is 1. The van der Waals surface area contributed by atoms with Crippen molar-refractivity contribution in [2.45, 2.75) is 25.4 Å². The van der Waals surface area contributed by atoms with E-state index in [-0.39, 0.29) is 17.9 Å². The predicted molar refractivity (Wildman–Crippen MR) is 129 cm³/mol. The largest absolute Gasteiger partial charge is 0.375 e. The molecule has 0 bridgehead atoms. The molecule has 4 heterocycles. The van der Waals surface area contributed by atoms with E-state index >= 15 is 0 Å². The van der Waals surface area contributed by atoms with Crippen LogP contribution in [0.4, 0.5) is 11.6 Å². The molecular formula is C25H27N7O2. The fourth-order valence-electron chi connectivity index (χ4n) is 3.95. The van der Waals surface area contributed by atoms with Crippen LogP contribution in [0, 0.1) is 17.8 Å². The van der Waals surface area contributed by atoms with Crippen molar-refractivity contribution < 1.29 is 9.53 Å². The number of hydrogen-bond acceptors (Lipinski definition) is 8. The fourth-order valence-corrected chi connectivity index (χ4v) is 3.95. The van der Waals surface area contributed by atoms with E-state index in [1.807, 2.05) is 18.3 Å². The molecule has 1 saturated heterocycles. The van der Waals surface area contributed by atoms with Crippen molar-refractivity contribution in [1.29, 1.82) is 0 Å². The highest BCUT2D eigenvalue weighted by molar-refractivity contribution is 5.97. The van der Waals surface area contributed by atoms with E-state index < -0.39 is 0 Å². The second-order valence-corrected chi connectivity index (χ2v) is 8.79. The van der Waals surface area contributed by atoms with Gasteiger partial charge in [0.1, 0.15) is 11.2 Å². The molecular weight excluding hydrogens is 430 g/mol. The second kappa shape index (κ2) is 9.71. The monoisotopic (exact) mass is 457 g/mol. The van der Waals surface area contributed by atoms with Crippen molar-refractivity contribution in [2.24, 2.45) is 5.92 Å². The number of hydrogen-bond donors (Lipinski definition) is 2. The average Bonchev–Trinajstić information content (AvgIpc) is 3.69. The summed E-state index contributed by atoms with van der Waals surface area (Å²) < 4.78 is 5.85. The van der Waals surface area contributed by atoms with Gasteiger partial charge in [-0.3, -0.25) is 4.79 Å². The van der Waals surface area contributed by atoms with Crippen molar-refractivity contribution in [2.75, 3.05) is 44.4 Å². The van der Waals surface area contributed by atoms with Gasteiger partial charge in [-0.1, -0.05) is 12.0 Å². The van der Waals surface area contributed by atoms with Crippen LogP contribution in [-0.2, 0) is 16.0 Å². The Kier molecular flexibility index (Phi) is 6.34. The van der Waals surface area contributed by atoms with Gasteiger partial charge in [0.05, 0.1) is 18.3 Å². The number of ether oxygens (including phenoxy) is 1. The molecule has 0 aromatic carbocycles. The number of amides is 1. The lowest BCUT2D eigenvalue weighted by Gasteiger charge is -2.30. The van der Waals surface area contributed by atoms with Crippen molar-refractivity contribution in [1.82, 2.24) is 25.1 Å². The highest BCUT2D eigenvalue weighted by Crippen LogP contribution is 2.30. The molecule has 0 radical (unpaired) electrons. The van der Waals surface area contributed by atoms with Gasteiger partial charge < -0.3 is 20.3 Å². The van der Waals surface area contributed by atoms with Gasteiger partial charge in [0, 0.05) is 50.3 Å². The Morgan fingerprint density at radius 3 is 2.82 bits per heavy atom. The van der Waals surface area contributed by atoms with Crippen molar-refractivity contribution in [3.8, 4) is 11.8 Å². The van der Waals surface area contributed by atoms with Crippen molar-refractivity contribution >= 4 is 28.4 Å². The molecule has 9 heteroatoms. The van der Waals surface area contributed by atoms with Crippen molar-refractivity contribution in [3.05, 3.63) is 47.4 Å². The van der Waals surface area contributed by atoms with Gasteiger partial charge in [-0.05, 0) is 43.5 Å². The molecule has 2 fully saturated rings. The van der Waals surface area contributed by atoms with Gasteiger partial charge >= 0.3 is 0 Å². The Bertz CT molecular complexity index is 1260. The first-order valence-corrected chi connectivity index (χ1v) is 11.5. The van der Waals surface area contributed by atoms with Crippen LogP contribution in [0.3, 0.4) is 0 Å². The minimum Gasteiger partial charge on any atom is -0.375 e. The smallest absolute Gasteiger partial charge is 0.228 e. The number of carbonyl (C=O) groups excluding carboxylic acids is 1. The molecule has 0 spiro atoms. The van der Waals surface area contributed by atoms with E-state index in [2.05, 4.69) is 54.6 Å². The summed E-state index contributed by atoms with van der Waals surface area (Å²) in [6.45, 7) is 2.67. The van der Waals surface area contributed by atoms with E-state index in [0.717, 1.165) is 49.9 Å². The number of nitrogens with one attached hydrogen (secondary N) is 2. The quantitative estimate of drug-likeness (QED) is 0.561. The number of anilines is 2. The molecule has 1 unspecified atom stereocenters. The van der Waals surface area contributed by atoms with Crippen LogP contribution in [-0.4, -0.2) is 70.9 Å². The first-order valence-electron chi connectivity index (χ1n) is 11.5. The molecule has 3 aromatic rings. The molecule has 2 aliphatic rings. The van der Waals surface area contributed by atoms with Gasteiger partial charge in [0.25, 0.3) is 0 Å². The highest BCUT2D eigenvalue weighted by Gasteiger charge is 2.30. The normalized spacial score (nSPS) is 18.2. The van der Waals surface area contributed by atoms with E-state index in [9.17, 15) is 4.79 Å². The number of nitrogens with zero attached hydrogens (tertiary/aromatic N) is 5. The molecule has 174 valence electrons. The molecule has 34 heavy (non-hydrogen) atoms. The summed E-state index contributed by atoms with van der Waals surface area (Å²) in [5.74, 6) is 7.37. The Morgan fingerprint density at radius 1 is 1.21 bits per heavy atom. The maximum absolute atomic E-state index is 12.1. The summed E-state index contributed by atoms with van der Waals surface area (Å²) in [6, 6.07) is 5.77. The van der Waals surface area contributed by atoms with Crippen LogP contribution in [0.2, 0.25) is 0 Å². The lowest BCUT2D eigenvalue weighted by atomic mass is 10.1. The Labute approximate surface area is 198 Å². The molecule has 1 aliphatic heterocycles. The van der Waals surface area contributed by atoms with Crippen LogP contribution in [0.1, 0.15) is 29.7 Å². The number of carbonyl (C=O) groups is 1. The van der Waals surface area contributed by atoms with E-state index in [1.54, 1.807) is 19.3 Å². The number of pyridine rings is 2. The lowest BCUT2D eigenvalue weighted by molar-refractivity contribution is -0.117. The molecule has 1 atom stereocenters. The zero-order chi connectivity index (χ0) is 23.5. The van der Waals surface area contributed by atoms with Crippen LogP contribution < -0.4 is 10.6 Å². The fraction of sp³-hybridized carbons (Fsp3) is 0.400. The Balaban J connectivity index is 1.36. The maximum Gasteiger partial charge on any atom is 0.228 e. The van der Waals surface area contributed by atoms with E-state index in [4.69, 9.17) is 4.74 Å². The zero-order valence-corrected chi connectivity index (χ0v) is 19.3. The topological polar surface area (TPSA) is 105 Å². The average molecular weight is 458 g/mol. The first-order chi connectivity index (χ1) is 16.6. The first kappa shape index (κ1) is 22.2. The number of fused-ring (bicyclic) bond motifs is 1. The van der Waals surface area contributed by atoms with Gasteiger partial charge in [0.15, 0.2) is 11.6 Å². The van der Waals surface area contributed by atoms with Crippen LogP contribution in [0.15, 0.2) is 30.6 Å². The molecule has 3 aromatic heterocycles. The van der Waals surface area contributed by atoms with E-state index in [1.165, 1.54) is 0 Å². The number of morpholine rings is 1. The highest BCUT2D eigenvalue weighted by atomic mass is 16.5. The standard InChI is InChI=1S/C25H27N7O2/c1-26-24-23-21(12-22(30-31-23)29-25(33)17-4-5-17)18(14-28-24)6-8-19-7-3-16(13-27-19)11-20-15-32(2)9-10-34-20/h3,7,12-14,17,20H,4-5,9-11,15H2,1-2H3,(H,26,28)(H,29,30,33).